The number of rotatable bonds is 5. The Labute approximate surface area is 136 Å². The average Bonchev–Trinajstić information content (AvgIpc) is 3.20. The fraction of sp³-hybridized carbons (Fsp3) is 0.176. The minimum absolute atomic E-state index is 0.0147. The molecule has 112 valence electrons. The smallest absolute Gasteiger partial charge is 0.305 e. The Hall–Kier alpha value is -1.98. The Morgan fingerprint density at radius 3 is 2.77 bits per heavy atom. The summed E-state index contributed by atoms with van der Waals surface area (Å²) in [6, 6.07) is 12.1. The third-order valence-electron chi connectivity index (χ3n) is 3.43. The summed E-state index contributed by atoms with van der Waals surface area (Å²) in [6.07, 6.45) is 0.317. The van der Waals surface area contributed by atoms with Crippen LogP contribution in [-0.2, 0) is 9.53 Å². The van der Waals surface area contributed by atoms with E-state index in [0.717, 1.165) is 10.4 Å². The zero-order valence-corrected chi connectivity index (χ0v) is 13.6. The highest BCUT2D eigenvalue weighted by Crippen LogP contribution is 2.35. The van der Waals surface area contributed by atoms with Gasteiger partial charge < -0.3 is 4.74 Å². The van der Waals surface area contributed by atoms with E-state index in [-0.39, 0.29) is 24.6 Å². The fourth-order valence-electron chi connectivity index (χ4n) is 2.28. The second-order valence-corrected chi connectivity index (χ2v) is 6.83. The normalized spacial score (nSPS) is 10.8. The molecule has 5 heteroatoms. The molecule has 2 aromatic heterocycles. The zero-order chi connectivity index (χ0) is 15.5. The van der Waals surface area contributed by atoms with Crippen LogP contribution in [0.1, 0.15) is 22.5 Å². The van der Waals surface area contributed by atoms with Crippen molar-refractivity contribution >= 4 is 44.5 Å². The molecule has 0 spiro atoms. The van der Waals surface area contributed by atoms with Gasteiger partial charge in [0, 0.05) is 26.9 Å². The monoisotopic (exact) mass is 330 g/mol. The molecule has 0 radical (unpaired) electrons. The number of carbonyl (C=O) groups excluding carboxylic acids is 2. The van der Waals surface area contributed by atoms with Gasteiger partial charge >= 0.3 is 5.97 Å². The number of methoxy groups -OCH3 is 1. The van der Waals surface area contributed by atoms with Crippen LogP contribution < -0.4 is 0 Å². The van der Waals surface area contributed by atoms with Gasteiger partial charge in [-0.25, -0.2) is 0 Å². The highest BCUT2D eigenvalue weighted by molar-refractivity contribution is 7.18. The summed E-state index contributed by atoms with van der Waals surface area (Å²) >= 11 is 3.18. The maximum atomic E-state index is 12.1. The zero-order valence-electron chi connectivity index (χ0n) is 12.0. The number of fused-ring (bicyclic) bond motifs is 1. The van der Waals surface area contributed by atoms with Crippen LogP contribution in [0, 0.1) is 0 Å². The quantitative estimate of drug-likeness (QED) is 0.500. The molecule has 0 atom stereocenters. The topological polar surface area (TPSA) is 43.4 Å². The van der Waals surface area contributed by atoms with Crippen LogP contribution in [0.3, 0.4) is 0 Å². The first-order valence-electron chi connectivity index (χ1n) is 6.85. The first kappa shape index (κ1) is 14.9. The molecular formula is C17H14O3S2. The van der Waals surface area contributed by atoms with Crippen molar-refractivity contribution in [3.05, 3.63) is 46.7 Å². The summed E-state index contributed by atoms with van der Waals surface area (Å²) in [5.41, 5.74) is 1.15. The summed E-state index contributed by atoms with van der Waals surface area (Å²) < 4.78 is 5.80. The summed E-state index contributed by atoms with van der Waals surface area (Å²) in [5, 5.41) is 3.28. The Kier molecular flexibility index (Phi) is 4.36. The van der Waals surface area contributed by atoms with E-state index in [0.29, 0.717) is 4.88 Å². The van der Waals surface area contributed by atoms with Gasteiger partial charge in [0.15, 0.2) is 5.78 Å². The van der Waals surface area contributed by atoms with Gasteiger partial charge in [-0.05, 0) is 29.6 Å². The van der Waals surface area contributed by atoms with Crippen molar-refractivity contribution in [1.82, 2.24) is 0 Å². The molecule has 3 aromatic rings. The first-order chi connectivity index (χ1) is 10.7. The number of hydrogen-bond donors (Lipinski definition) is 0. The molecule has 3 nitrogen and oxygen atoms in total. The Morgan fingerprint density at radius 2 is 1.95 bits per heavy atom. The van der Waals surface area contributed by atoms with Gasteiger partial charge in [0.25, 0.3) is 0 Å². The summed E-state index contributed by atoms with van der Waals surface area (Å²) in [4.78, 5) is 25.0. The summed E-state index contributed by atoms with van der Waals surface area (Å²) in [5.74, 6) is -0.368. The van der Waals surface area contributed by atoms with Crippen LogP contribution in [0.5, 0.6) is 0 Å². The molecule has 0 fully saturated rings. The number of hydrogen-bond acceptors (Lipinski definition) is 5. The second-order valence-electron chi connectivity index (χ2n) is 4.80. The van der Waals surface area contributed by atoms with Crippen molar-refractivity contribution in [3.63, 3.8) is 0 Å². The molecular weight excluding hydrogens is 316 g/mol. The highest BCUT2D eigenvalue weighted by atomic mass is 32.1. The van der Waals surface area contributed by atoms with Crippen molar-refractivity contribution in [2.24, 2.45) is 0 Å². The van der Waals surface area contributed by atoms with E-state index >= 15 is 0 Å². The van der Waals surface area contributed by atoms with E-state index in [9.17, 15) is 9.59 Å². The lowest BCUT2D eigenvalue weighted by Gasteiger charge is -2.00. The van der Waals surface area contributed by atoms with Gasteiger partial charge in [-0.15, -0.1) is 22.7 Å². The van der Waals surface area contributed by atoms with Crippen molar-refractivity contribution in [1.29, 1.82) is 0 Å². The van der Waals surface area contributed by atoms with Gasteiger partial charge in [0.05, 0.1) is 18.4 Å². The van der Waals surface area contributed by atoms with E-state index in [1.54, 1.807) is 11.3 Å². The fourth-order valence-corrected chi connectivity index (χ4v) is 4.11. The maximum Gasteiger partial charge on any atom is 0.305 e. The maximum absolute atomic E-state index is 12.1. The van der Waals surface area contributed by atoms with Crippen molar-refractivity contribution in [2.45, 2.75) is 12.8 Å². The molecule has 0 unspecified atom stereocenters. The van der Waals surface area contributed by atoms with Gasteiger partial charge in [-0.2, -0.15) is 0 Å². The van der Waals surface area contributed by atoms with Crippen LogP contribution in [0.25, 0.3) is 20.5 Å². The van der Waals surface area contributed by atoms with Crippen LogP contribution >= 0.6 is 22.7 Å². The molecule has 0 bridgehead atoms. The second kappa shape index (κ2) is 6.42. The number of Topliss-reactive ketones (excluding diaryl/α,β-unsaturated/α-hetero) is 1. The lowest BCUT2D eigenvalue weighted by molar-refractivity contribution is -0.140. The first-order valence-corrected chi connectivity index (χ1v) is 8.55. The molecule has 2 heterocycles. The highest BCUT2D eigenvalue weighted by Gasteiger charge is 2.14. The molecule has 0 aliphatic heterocycles. The molecule has 0 aliphatic rings. The molecule has 1 aromatic carbocycles. The molecule has 0 saturated carbocycles. The number of ether oxygens (including phenoxy) is 1. The van der Waals surface area contributed by atoms with Gasteiger partial charge in [-0.3, -0.25) is 9.59 Å². The predicted molar refractivity (Wildman–Crippen MR) is 90.7 cm³/mol. The molecule has 22 heavy (non-hydrogen) atoms. The largest absolute Gasteiger partial charge is 0.469 e. The number of ketones is 1. The number of carbonyl (C=O) groups is 2. The number of thiophene rings is 2. The SMILES string of the molecule is COC(=O)CCC(=O)c1ccc(-c2cccc3sccc23)s1. The molecule has 0 saturated heterocycles. The summed E-state index contributed by atoms with van der Waals surface area (Å²) in [7, 11) is 1.33. The lowest BCUT2D eigenvalue weighted by atomic mass is 10.1. The van der Waals surface area contributed by atoms with E-state index < -0.39 is 0 Å². The van der Waals surface area contributed by atoms with E-state index in [2.05, 4.69) is 28.3 Å². The third kappa shape index (κ3) is 2.96. The Bertz CT molecular complexity index is 829. The van der Waals surface area contributed by atoms with E-state index in [1.807, 2.05) is 18.2 Å². The van der Waals surface area contributed by atoms with Gasteiger partial charge in [0.1, 0.15) is 0 Å². The molecule has 0 aliphatic carbocycles. The van der Waals surface area contributed by atoms with Crippen LogP contribution in [0.2, 0.25) is 0 Å². The van der Waals surface area contributed by atoms with Crippen LogP contribution in [0.15, 0.2) is 41.8 Å². The lowest BCUT2D eigenvalue weighted by Crippen LogP contribution is -2.04. The molecule has 3 rings (SSSR count). The van der Waals surface area contributed by atoms with E-state index in [4.69, 9.17) is 0 Å². The minimum atomic E-state index is -0.354. The average molecular weight is 330 g/mol. The molecule has 0 amide bonds. The number of esters is 1. The standard InChI is InChI=1S/C17H14O3S2/c1-20-17(19)8-5-13(18)16-7-6-15(22-16)11-3-2-4-14-12(11)9-10-21-14/h2-4,6-7,9-10H,5,8H2,1H3. The predicted octanol–water partition coefficient (Wildman–Crippen LogP) is 4.77. The van der Waals surface area contributed by atoms with Crippen molar-refractivity contribution < 1.29 is 14.3 Å². The van der Waals surface area contributed by atoms with Gasteiger partial charge in [0.2, 0.25) is 0 Å². The van der Waals surface area contributed by atoms with Crippen LogP contribution in [-0.4, -0.2) is 18.9 Å². The third-order valence-corrected chi connectivity index (χ3v) is 5.47. The van der Waals surface area contributed by atoms with E-state index in [1.165, 1.54) is 28.5 Å². The Balaban J connectivity index is 1.83. The van der Waals surface area contributed by atoms with Crippen molar-refractivity contribution in [3.8, 4) is 10.4 Å². The number of benzene rings is 1. The summed E-state index contributed by atoms with van der Waals surface area (Å²) in [6.45, 7) is 0. The van der Waals surface area contributed by atoms with Crippen molar-refractivity contribution in [2.75, 3.05) is 7.11 Å². The Morgan fingerprint density at radius 1 is 1.09 bits per heavy atom. The molecule has 0 N–H and O–H groups in total. The minimum Gasteiger partial charge on any atom is -0.469 e. The van der Waals surface area contributed by atoms with Crippen LogP contribution in [0.4, 0.5) is 0 Å². The van der Waals surface area contributed by atoms with Gasteiger partial charge in [-0.1, -0.05) is 12.1 Å².